The minimum atomic E-state index is -1.94. The Morgan fingerprint density at radius 2 is 1.56 bits per heavy atom. The van der Waals surface area contributed by atoms with Crippen molar-refractivity contribution < 1.29 is 30.3 Å². The molecule has 5 N–H and O–H groups in total. The molecule has 0 aliphatic heterocycles. The van der Waals surface area contributed by atoms with Gasteiger partial charge in [0.25, 0.3) is 0 Å². The summed E-state index contributed by atoms with van der Waals surface area (Å²) in [6, 6.07) is 8.03. The van der Waals surface area contributed by atoms with Gasteiger partial charge in [0.2, 0.25) is 0 Å². The van der Waals surface area contributed by atoms with Crippen LogP contribution in [0.2, 0.25) is 0 Å². The second kappa shape index (κ2) is 6.58. The van der Waals surface area contributed by atoms with Crippen LogP contribution in [-0.2, 0) is 4.79 Å². The summed E-state index contributed by atoms with van der Waals surface area (Å²) in [5, 5.41) is 46.8. The van der Waals surface area contributed by atoms with Gasteiger partial charge in [-0.25, -0.2) is 0 Å². The lowest BCUT2D eigenvalue weighted by Crippen LogP contribution is -2.45. The van der Waals surface area contributed by atoms with Gasteiger partial charge in [0.15, 0.2) is 5.78 Å². The van der Waals surface area contributed by atoms with Gasteiger partial charge in [-0.3, -0.25) is 4.79 Å². The lowest BCUT2D eigenvalue weighted by atomic mass is 9.96. The summed E-state index contributed by atoms with van der Waals surface area (Å²) in [7, 11) is 0. The fraction of sp³-hybridized carbons (Fsp3) is 0.417. The molecular formula is C12H16O6. The molecule has 1 rings (SSSR count). The fourth-order valence-corrected chi connectivity index (χ4v) is 1.50. The highest BCUT2D eigenvalue weighted by atomic mass is 16.4. The van der Waals surface area contributed by atoms with Crippen LogP contribution >= 0.6 is 0 Å². The zero-order chi connectivity index (χ0) is 13.7. The molecule has 0 radical (unpaired) electrons. The maximum atomic E-state index is 11.0. The second-order valence-electron chi connectivity index (χ2n) is 3.91. The molecule has 6 nitrogen and oxygen atoms in total. The largest absolute Gasteiger partial charge is 0.388 e. The molecule has 0 fully saturated rings. The van der Waals surface area contributed by atoms with Crippen LogP contribution in [0.3, 0.4) is 0 Å². The van der Waals surface area contributed by atoms with Gasteiger partial charge in [0.05, 0.1) is 0 Å². The Morgan fingerprint density at radius 3 is 2.06 bits per heavy atom. The van der Waals surface area contributed by atoms with Crippen LogP contribution in [0.15, 0.2) is 30.3 Å². The molecule has 0 aromatic heterocycles. The highest BCUT2D eigenvalue weighted by Crippen LogP contribution is 2.20. The smallest absolute Gasteiger partial charge is 0.189 e. The van der Waals surface area contributed by atoms with Crippen molar-refractivity contribution in [2.24, 2.45) is 0 Å². The first-order valence-corrected chi connectivity index (χ1v) is 5.39. The molecule has 6 heteroatoms. The molecule has 0 saturated heterocycles. The summed E-state index contributed by atoms with van der Waals surface area (Å²) in [4.78, 5) is 11.0. The van der Waals surface area contributed by atoms with Crippen LogP contribution in [0.25, 0.3) is 0 Å². The van der Waals surface area contributed by atoms with Crippen molar-refractivity contribution in [3.63, 3.8) is 0 Å². The number of ketones is 1. The number of carbonyl (C=O) groups is 1. The summed E-state index contributed by atoms with van der Waals surface area (Å²) >= 11 is 0. The van der Waals surface area contributed by atoms with E-state index < -0.39 is 36.8 Å². The first-order chi connectivity index (χ1) is 8.49. The third-order valence-electron chi connectivity index (χ3n) is 2.62. The molecular weight excluding hydrogens is 240 g/mol. The molecule has 1 aromatic rings. The summed E-state index contributed by atoms with van der Waals surface area (Å²) < 4.78 is 0. The van der Waals surface area contributed by atoms with Crippen molar-refractivity contribution in [1.82, 2.24) is 0 Å². The number of aliphatic hydroxyl groups is 5. The SMILES string of the molecule is O=C(CO)[C@@H](O)[C@H](O)[C@H](O)[C@@H](O)c1ccccc1. The molecule has 100 valence electrons. The molecule has 18 heavy (non-hydrogen) atoms. The van der Waals surface area contributed by atoms with E-state index in [2.05, 4.69) is 0 Å². The minimum absolute atomic E-state index is 0.340. The van der Waals surface area contributed by atoms with Crippen molar-refractivity contribution in [2.45, 2.75) is 24.4 Å². The van der Waals surface area contributed by atoms with Gasteiger partial charge in [-0.1, -0.05) is 30.3 Å². The van der Waals surface area contributed by atoms with E-state index in [4.69, 9.17) is 5.11 Å². The van der Waals surface area contributed by atoms with Crippen LogP contribution in [0, 0.1) is 0 Å². The third kappa shape index (κ3) is 3.34. The molecule has 0 spiro atoms. The first kappa shape index (κ1) is 14.7. The number of carbonyl (C=O) groups excluding carboxylic acids is 1. The highest BCUT2D eigenvalue weighted by molar-refractivity contribution is 5.84. The lowest BCUT2D eigenvalue weighted by Gasteiger charge is -2.25. The normalized spacial score (nSPS) is 17.8. The van der Waals surface area contributed by atoms with Crippen molar-refractivity contribution >= 4 is 5.78 Å². The average molecular weight is 256 g/mol. The summed E-state index contributed by atoms with van der Waals surface area (Å²) in [6.07, 6.45) is -7.00. The Morgan fingerprint density at radius 1 is 1.00 bits per heavy atom. The fourth-order valence-electron chi connectivity index (χ4n) is 1.50. The molecule has 4 atom stereocenters. The van der Waals surface area contributed by atoms with E-state index in [-0.39, 0.29) is 0 Å². The van der Waals surface area contributed by atoms with Crippen LogP contribution in [-0.4, -0.2) is 56.2 Å². The van der Waals surface area contributed by atoms with Gasteiger partial charge in [0.1, 0.15) is 31.0 Å². The maximum Gasteiger partial charge on any atom is 0.189 e. The predicted molar refractivity (Wildman–Crippen MR) is 61.5 cm³/mol. The Bertz CT molecular complexity index is 379. The van der Waals surface area contributed by atoms with Crippen LogP contribution < -0.4 is 0 Å². The van der Waals surface area contributed by atoms with E-state index in [1.807, 2.05) is 0 Å². The van der Waals surface area contributed by atoms with E-state index in [0.29, 0.717) is 5.56 Å². The van der Waals surface area contributed by atoms with Crippen molar-refractivity contribution in [3.8, 4) is 0 Å². The van der Waals surface area contributed by atoms with E-state index in [1.54, 1.807) is 18.2 Å². The van der Waals surface area contributed by atoms with Gasteiger partial charge in [-0.15, -0.1) is 0 Å². The number of benzene rings is 1. The molecule has 0 aliphatic carbocycles. The summed E-state index contributed by atoms with van der Waals surface area (Å²) in [5.41, 5.74) is 0.340. The van der Waals surface area contributed by atoms with E-state index in [9.17, 15) is 25.2 Å². The van der Waals surface area contributed by atoms with E-state index >= 15 is 0 Å². The zero-order valence-corrected chi connectivity index (χ0v) is 9.55. The van der Waals surface area contributed by atoms with Crippen LogP contribution in [0.4, 0.5) is 0 Å². The van der Waals surface area contributed by atoms with Crippen molar-refractivity contribution in [3.05, 3.63) is 35.9 Å². The van der Waals surface area contributed by atoms with E-state index in [0.717, 1.165) is 0 Å². The highest BCUT2D eigenvalue weighted by Gasteiger charge is 2.34. The molecule has 0 aliphatic rings. The molecule has 0 unspecified atom stereocenters. The summed E-state index contributed by atoms with van der Waals surface area (Å²) in [5.74, 6) is -1.03. The number of rotatable bonds is 6. The number of hydrogen-bond acceptors (Lipinski definition) is 6. The van der Waals surface area contributed by atoms with Gasteiger partial charge >= 0.3 is 0 Å². The molecule has 0 amide bonds. The Balaban J connectivity index is 2.75. The number of aliphatic hydroxyl groups excluding tert-OH is 5. The Hall–Kier alpha value is -1.31. The molecule has 0 heterocycles. The monoisotopic (exact) mass is 256 g/mol. The average Bonchev–Trinajstić information content (AvgIpc) is 2.44. The third-order valence-corrected chi connectivity index (χ3v) is 2.62. The van der Waals surface area contributed by atoms with Gasteiger partial charge in [-0.05, 0) is 5.56 Å². The maximum absolute atomic E-state index is 11.0. The van der Waals surface area contributed by atoms with Crippen molar-refractivity contribution in [1.29, 1.82) is 0 Å². The lowest BCUT2D eigenvalue weighted by molar-refractivity contribution is -0.147. The second-order valence-corrected chi connectivity index (χ2v) is 3.91. The topological polar surface area (TPSA) is 118 Å². The van der Waals surface area contributed by atoms with E-state index in [1.165, 1.54) is 12.1 Å². The number of Topliss-reactive ketones (excluding diaryl/α,β-unsaturated/α-hetero) is 1. The van der Waals surface area contributed by atoms with Crippen LogP contribution in [0.5, 0.6) is 0 Å². The van der Waals surface area contributed by atoms with Gasteiger partial charge in [-0.2, -0.15) is 0 Å². The van der Waals surface area contributed by atoms with Gasteiger partial charge < -0.3 is 25.5 Å². The predicted octanol–water partition coefficient (Wildman–Crippen LogP) is -1.64. The standard InChI is InChI=1S/C12H16O6/c13-6-8(14)10(16)12(18)11(17)9(15)7-4-2-1-3-5-7/h1-5,9-13,15-18H,6H2/t9-,10+,11+,12-/m0/s1. The molecule has 1 aromatic carbocycles. The molecule has 0 saturated carbocycles. The first-order valence-electron chi connectivity index (χ1n) is 5.39. The Kier molecular flexibility index (Phi) is 5.39. The van der Waals surface area contributed by atoms with Crippen LogP contribution in [0.1, 0.15) is 11.7 Å². The minimum Gasteiger partial charge on any atom is -0.388 e. The van der Waals surface area contributed by atoms with Crippen molar-refractivity contribution in [2.75, 3.05) is 6.61 Å². The zero-order valence-electron chi connectivity index (χ0n) is 9.55. The molecule has 0 bridgehead atoms. The number of hydrogen-bond donors (Lipinski definition) is 5. The quantitative estimate of drug-likeness (QED) is 0.417. The Labute approximate surface area is 104 Å². The summed E-state index contributed by atoms with van der Waals surface area (Å²) in [6.45, 7) is -0.952. The van der Waals surface area contributed by atoms with Gasteiger partial charge in [0, 0.05) is 0 Å².